The molecule has 2 nitrogen and oxygen atoms in total. The van der Waals surface area contributed by atoms with Gasteiger partial charge in [0, 0.05) is 11.5 Å². The molecule has 0 spiro atoms. The summed E-state index contributed by atoms with van der Waals surface area (Å²) in [4.78, 5) is 0. The van der Waals surface area contributed by atoms with E-state index in [0.717, 1.165) is 12.2 Å². The number of rotatable bonds is 3. The average Bonchev–Trinajstić information content (AvgIpc) is 2.37. The van der Waals surface area contributed by atoms with Crippen LogP contribution in [0.15, 0.2) is 23.2 Å². The van der Waals surface area contributed by atoms with Crippen LogP contribution in [0.25, 0.3) is 0 Å². The molecule has 0 N–H and O–H groups in total. The summed E-state index contributed by atoms with van der Waals surface area (Å²) in [5, 5.41) is 3.54. The van der Waals surface area contributed by atoms with Crippen molar-refractivity contribution in [3.63, 3.8) is 0 Å². The van der Waals surface area contributed by atoms with Crippen molar-refractivity contribution >= 4 is 0 Å². The van der Waals surface area contributed by atoms with Crippen LogP contribution in [0.3, 0.4) is 0 Å². The van der Waals surface area contributed by atoms with Crippen molar-refractivity contribution in [1.29, 1.82) is 0 Å². The van der Waals surface area contributed by atoms with E-state index in [4.69, 9.17) is 4.52 Å². The molecule has 0 aliphatic carbocycles. The molecule has 0 saturated carbocycles. The second-order valence-electron chi connectivity index (χ2n) is 3.20. The van der Waals surface area contributed by atoms with Gasteiger partial charge in [-0.1, -0.05) is 25.1 Å². The fourth-order valence-corrected chi connectivity index (χ4v) is 0.967. The summed E-state index contributed by atoms with van der Waals surface area (Å²) >= 11 is 0. The van der Waals surface area contributed by atoms with Crippen LogP contribution in [0.2, 0.25) is 0 Å². The summed E-state index contributed by atoms with van der Waals surface area (Å²) in [5.74, 6) is 0.859. The van der Waals surface area contributed by atoms with Gasteiger partial charge in [-0.05, 0) is 6.42 Å². The Morgan fingerprint density at radius 2 is 2.55 bits per heavy atom. The highest BCUT2D eigenvalue weighted by Crippen LogP contribution is 2.26. The van der Waals surface area contributed by atoms with Gasteiger partial charge in [-0.25, -0.2) is 0 Å². The monoisotopic (exact) mass is 150 g/mol. The lowest BCUT2D eigenvalue weighted by atomic mass is 9.87. The van der Waals surface area contributed by atoms with Crippen LogP contribution in [-0.2, 0) is 5.41 Å². The Labute approximate surface area is 66.9 Å². The van der Waals surface area contributed by atoms with Crippen molar-refractivity contribution in [2.24, 2.45) is 0 Å². The molecule has 0 aromatic carbocycles. The lowest BCUT2D eigenvalue weighted by Crippen LogP contribution is -2.14. The summed E-state index contributed by atoms with van der Waals surface area (Å²) in [6.45, 7) is 7.86. The van der Waals surface area contributed by atoms with E-state index in [2.05, 4.69) is 31.8 Å². The Morgan fingerprint density at radius 3 is 3.00 bits per heavy atom. The Kier molecular flexibility index (Phi) is 2.13. The van der Waals surface area contributed by atoms with E-state index < -0.39 is 0 Å². The van der Waals surface area contributed by atoms with E-state index in [1.807, 2.05) is 6.08 Å². The first-order valence-corrected chi connectivity index (χ1v) is 3.61. The molecule has 0 aliphatic rings. The minimum atomic E-state index is -0.00521. The summed E-state index contributed by atoms with van der Waals surface area (Å²) in [6.07, 6.45) is 5.41. The van der Waals surface area contributed by atoms with Gasteiger partial charge >= 0.3 is 0 Å². The third kappa shape index (κ3) is 1.70. The largest absolute Gasteiger partial charge is 0.360 e. The number of nitrogens with zero attached hydrogens (tertiary/aromatic N) is 1. The number of aromatic nitrogens is 1. The molecule has 0 saturated heterocycles. The minimum absolute atomic E-state index is 0.00521. The fraction of sp³-hybridized carbons (Fsp3) is 0.444. The van der Waals surface area contributed by atoms with Crippen LogP contribution in [0.4, 0.5) is 0 Å². The quantitative estimate of drug-likeness (QED) is 0.618. The molecule has 11 heavy (non-hydrogen) atoms. The van der Waals surface area contributed by atoms with Crippen LogP contribution in [0.1, 0.15) is 26.0 Å². The second-order valence-corrected chi connectivity index (χ2v) is 3.20. The highest BCUT2D eigenvalue weighted by molar-refractivity contribution is 5.09. The average molecular weight is 150 g/mol. The van der Waals surface area contributed by atoms with Crippen LogP contribution in [-0.4, -0.2) is 5.16 Å². The Hall–Kier alpha value is -1.05. The molecule has 0 unspecified atom stereocenters. The predicted octanol–water partition coefficient (Wildman–Crippen LogP) is 2.33. The van der Waals surface area contributed by atoms with Gasteiger partial charge in [0.25, 0.3) is 0 Å². The molecular formula is C9H12NO. The number of hydrogen-bond acceptors (Lipinski definition) is 2. The van der Waals surface area contributed by atoms with E-state index in [9.17, 15) is 0 Å². The molecule has 1 radical (unpaired) electrons. The molecule has 1 aromatic rings. The molecule has 2 heteroatoms. The smallest absolute Gasteiger partial charge is 0.143 e. The van der Waals surface area contributed by atoms with Gasteiger partial charge in [-0.2, -0.15) is 0 Å². The molecule has 0 bridgehead atoms. The lowest BCUT2D eigenvalue weighted by molar-refractivity contribution is 0.316. The van der Waals surface area contributed by atoms with E-state index in [-0.39, 0.29) is 5.41 Å². The number of hydrogen-bond donors (Lipinski definition) is 0. The van der Waals surface area contributed by atoms with Gasteiger partial charge in [0.2, 0.25) is 0 Å². The van der Waals surface area contributed by atoms with Crippen molar-refractivity contribution in [2.45, 2.75) is 25.7 Å². The van der Waals surface area contributed by atoms with E-state index >= 15 is 0 Å². The van der Waals surface area contributed by atoms with Crippen LogP contribution < -0.4 is 0 Å². The predicted molar refractivity (Wildman–Crippen MR) is 43.2 cm³/mol. The third-order valence-electron chi connectivity index (χ3n) is 1.71. The highest BCUT2D eigenvalue weighted by atomic mass is 16.5. The Morgan fingerprint density at radius 1 is 1.82 bits per heavy atom. The van der Waals surface area contributed by atoms with Crippen molar-refractivity contribution in [2.75, 3.05) is 0 Å². The highest BCUT2D eigenvalue weighted by Gasteiger charge is 2.22. The lowest BCUT2D eigenvalue weighted by Gasteiger charge is -2.17. The molecular weight excluding hydrogens is 138 g/mol. The Balaban J connectivity index is 2.81. The van der Waals surface area contributed by atoms with Crippen LogP contribution in [0, 0.1) is 6.20 Å². The standard InChI is InChI=1S/C9H12NO/c1-4-6-9(2,3)8-5-7-10-11-8/h4-5H,1,6H2,2-3H3. The van der Waals surface area contributed by atoms with Gasteiger partial charge in [0.15, 0.2) is 0 Å². The molecule has 1 heterocycles. The fourth-order valence-electron chi connectivity index (χ4n) is 0.967. The van der Waals surface area contributed by atoms with Gasteiger partial charge in [-0.15, -0.1) is 6.58 Å². The van der Waals surface area contributed by atoms with Gasteiger partial charge < -0.3 is 4.52 Å². The zero-order valence-corrected chi connectivity index (χ0v) is 6.92. The normalized spacial score (nSPS) is 11.5. The molecule has 0 fully saturated rings. The molecule has 0 aliphatic heterocycles. The summed E-state index contributed by atoms with van der Waals surface area (Å²) in [7, 11) is 0. The molecule has 1 rings (SSSR count). The summed E-state index contributed by atoms with van der Waals surface area (Å²) < 4.78 is 5.00. The van der Waals surface area contributed by atoms with E-state index in [1.54, 1.807) is 6.07 Å². The van der Waals surface area contributed by atoms with E-state index in [1.165, 1.54) is 0 Å². The summed E-state index contributed by atoms with van der Waals surface area (Å²) in [6, 6.07) is 1.77. The Bertz CT molecular complexity index is 224. The minimum Gasteiger partial charge on any atom is -0.360 e. The van der Waals surface area contributed by atoms with Crippen molar-refractivity contribution in [3.8, 4) is 0 Å². The SMILES string of the molecule is C=CCC(C)(C)c1c[c]no1. The molecule has 0 amide bonds. The van der Waals surface area contributed by atoms with Crippen LogP contribution >= 0.6 is 0 Å². The molecule has 59 valence electrons. The van der Waals surface area contributed by atoms with Crippen molar-refractivity contribution < 1.29 is 4.52 Å². The second kappa shape index (κ2) is 2.91. The summed E-state index contributed by atoms with van der Waals surface area (Å²) in [5.41, 5.74) is -0.00521. The molecule has 0 atom stereocenters. The van der Waals surface area contributed by atoms with Gasteiger partial charge in [0.05, 0.1) is 0 Å². The first kappa shape index (κ1) is 8.05. The maximum Gasteiger partial charge on any atom is 0.143 e. The first-order chi connectivity index (χ1) is 5.17. The van der Waals surface area contributed by atoms with Gasteiger partial charge in [-0.3, -0.25) is 0 Å². The third-order valence-corrected chi connectivity index (χ3v) is 1.71. The number of allylic oxidation sites excluding steroid dienone is 1. The van der Waals surface area contributed by atoms with Crippen LogP contribution in [0.5, 0.6) is 0 Å². The van der Waals surface area contributed by atoms with Crippen molar-refractivity contribution in [3.05, 3.63) is 30.7 Å². The first-order valence-electron chi connectivity index (χ1n) is 3.61. The van der Waals surface area contributed by atoms with Gasteiger partial charge in [0.1, 0.15) is 12.0 Å². The molecule has 1 aromatic heterocycles. The maximum absolute atomic E-state index is 5.00. The van der Waals surface area contributed by atoms with Crippen molar-refractivity contribution in [1.82, 2.24) is 5.16 Å². The zero-order chi connectivity index (χ0) is 8.32. The maximum atomic E-state index is 5.00. The zero-order valence-electron chi connectivity index (χ0n) is 6.92. The van der Waals surface area contributed by atoms with E-state index in [0.29, 0.717) is 0 Å². The topological polar surface area (TPSA) is 26.0 Å².